The van der Waals surface area contributed by atoms with Gasteiger partial charge in [-0.2, -0.15) is 0 Å². The molecule has 8 heteroatoms. The summed E-state index contributed by atoms with van der Waals surface area (Å²) in [6.45, 7) is 10.1. The third-order valence-corrected chi connectivity index (χ3v) is 14.8. The van der Waals surface area contributed by atoms with Crippen molar-refractivity contribution in [2.75, 3.05) is 0 Å². The van der Waals surface area contributed by atoms with Crippen LogP contribution in [0, 0.1) is 0 Å². The molecule has 2 heterocycles. The Hall–Kier alpha value is -0.0317. The van der Waals surface area contributed by atoms with E-state index in [1.165, 1.54) is 51.4 Å². The monoisotopic (exact) mass is 606 g/mol. The Balaban J connectivity index is 0.000000653. The predicted octanol–water partition coefficient (Wildman–Crippen LogP) is 5.06. The van der Waals surface area contributed by atoms with Gasteiger partial charge in [-0.25, -0.2) is 0 Å². The fraction of sp³-hybridized carbons (Fsp3) is 0.615. The summed E-state index contributed by atoms with van der Waals surface area (Å²) >= 11 is 0. The van der Waals surface area contributed by atoms with E-state index in [1.54, 1.807) is 0 Å². The van der Waals surface area contributed by atoms with E-state index in [9.17, 15) is 12.9 Å². The largest absolute Gasteiger partial charge is 1.00 e. The van der Waals surface area contributed by atoms with Crippen molar-refractivity contribution in [2.24, 2.45) is 0 Å². The molecule has 0 saturated carbocycles. The van der Waals surface area contributed by atoms with Crippen LogP contribution in [-0.2, 0) is 19.5 Å². The summed E-state index contributed by atoms with van der Waals surface area (Å²) in [6.07, 6.45) is 19.9. The van der Waals surface area contributed by atoms with Gasteiger partial charge in [0.1, 0.15) is 10.6 Å². The number of hydrogen-bond donors (Lipinski definition) is 0. The number of rotatable bonds is 2. The zero-order valence-corrected chi connectivity index (χ0v) is 24.6. The van der Waals surface area contributed by atoms with Gasteiger partial charge in [-0.1, -0.05) is 36.4 Å². The maximum atomic E-state index is 9.67. The normalized spacial score (nSPS) is 28.4. The number of halogens is 4. The van der Waals surface area contributed by atoms with E-state index in [4.69, 9.17) is 0 Å². The number of benzene rings is 1. The second-order valence-corrected chi connectivity index (χ2v) is 16.4. The van der Waals surface area contributed by atoms with Crippen molar-refractivity contribution >= 4 is 34.0 Å². The first-order chi connectivity index (χ1) is 15.3. The topological polar surface area (TPSA) is 0 Å². The molecule has 4 atom stereocenters. The first-order valence-electron chi connectivity index (χ1n) is 12.4. The maximum absolute atomic E-state index is 9.67. The molecule has 1 radical (unpaired) electrons. The first kappa shape index (κ1) is 34.0. The standard InChI is InChI=1S/C18H28P2.C8H12.BF3.FH.Rh/c1-13-9-10-14(2)19(13)17-7-5-6-8-18(17)20-15(3)11-12-16(20)4;1-2-4-6-8-7-5-3-1;2-1(3)4;;/h5-8,13-16H,9-12H2,1-4H3;1-2,7-8H,3-6H2;;1H;/p+1/b;2-1-,8-7-;;;/t13-,14-,15-,16-;;;;/m0..../s1. The van der Waals surface area contributed by atoms with E-state index in [1.807, 2.05) is 10.6 Å². The molecule has 0 amide bonds. The molecule has 0 bridgehead atoms. The smallest absolute Gasteiger partial charge is 0.762 e. The van der Waals surface area contributed by atoms with Gasteiger partial charge in [0.25, 0.3) is 0 Å². The summed E-state index contributed by atoms with van der Waals surface area (Å²) in [5, 5.41) is 3.67. The van der Waals surface area contributed by atoms with Gasteiger partial charge in [-0.3, -0.25) is 12.9 Å². The van der Waals surface area contributed by atoms with E-state index < -0.39 is 7.54 Å². The second kappa shape index (κ2) is 18.2. The van der Waals surface area contributed by atoms with Crippen molar-refractivity contribution in [3.05, 3.63) is 48.6 Å². The molecular formula is C26H42BF4P2Rh+. The Kier molecular flexibility index (Phi) is 18.2. The van der Waals surface area contributed by atoms with Gasteiger partial charge in [-0.05, 0) is 91.2 Å². The summed E-state index contributed by atoms with van der Waals surface area (Å²) < 4.78 is 29.0. The van der Waals surface area contributed by atoms with E-state index in [0.717, 1.165) is 22.6 Å². The van der Waals surface area contributed by atoms with Gasteiger partial charge in [0.2, 0.25) is 0 Å². The molecule has 2 fully saturated rings. The third kappa shape index (κ3) is 10.9. The zero-order chi connectivity index (χ0) is 23.5. The SMILES string of the molecule is C1=C\CC/C=C\CC/1.C[C@H]1CC[C@H](C)[PH+]1c1ccccc1[PH+]1[C@@H](C)CC[C@@H]1C.FB(F)F.[F-].[Rh]. The Labute approximate surface area is 220 Å². The maximum Gasteiger partial charge on any atom is 0.762 e. The minimum atomic E-state index is -3.67. The van der Waals surface area contributed by atoms with Crippen LogP contribution in [0.15, 0.2) is 48.6 Å². The molecule has 1 aliphatic carbocycles. The van der Waals surface area contributed by atoms with Crippen molar-refractivity contribution in [1.29, 1.82) is 0 Å². The first-order valence-corrected chi connectivity index (χ1v) is 15.7. The van der Waals surface area contributed by atoms with Gasteiger partial charge < -0.3 is 4.70 Å². The van der Waals surface area contributed by atoms with Crippen LogP contribution in [0.2, 0.25) is 0 Å². The zero-order valence-electron chi connectivity index (χ0n) is 21.0. The van der Waals surface area contributed by atoms with Crippen LogP contribution in [0.3, 0.4) is 0 Å². The summed E-state index contributed by atoms with van der Waals surface area (Å²) in [7, 11) is -4.33. The summed E-state index contributed by atoms with van der Waals surface area (Å²) in [5.74, 6) is 0. The molecule has 0 nitrogen and oxygen atoms in total. The quantitative estimate of drug-likeness (QED) is 0.191. The Morgan fingerprint density at radius 1 is 0.618 bits per heavy atom. The molecule has 34 heavy (non-hydrogen) atoms. The molecule has 195 valence electrons. The Morgan fingerprint density at radius 2 is 0.853 bits per heavy atom. The van der Waals surface area contributed by atoms with Crippen LogP contribution in [-0.4, -0.2) is 30.2 Å². The van der Waals surface area contributed by atoms with Crippen molar-refractivity contribution in [3.63, 3.8) is 0 Å². The van der Waals surface area contributed by atoms with Crippen LogP contribution in [0.25, 0.3) is 0 Å². The van der Waals surface area contributed by atoms with Gasteiger partial charge in [0, 0.05) is 35.3 Å². The molecule has 0 aromatic heterocycles. The van der Waals surface area contributed by atoms with Crippen LogP contribution in [0.1, 0.15) is 79.1 Å². The molecular weight excluding hydrogens is 564 g/mol. The van der Waals surface area contributed by atoms with Crippen molar-refractivity contribution in [1.82, 2.24) is 0 Å². The Bertz CT molecular complexity index is 643. The predicted molar refractivity (Wildman–Crippen MR) is 144 cm³/mol. The molecule has 1 aromatic carbocycles. The molecule has 0 N–H and O–H groups in total. The van der Waals surface area contributed by atoms with Gasteiger partial charge >= 0.3 is 7.54 Å². The molecule has 2 saturated heterocycles. The molecule has 3 aliphatic rings. The summed E-state index contributed by atoms with van der Waals surface area (Å²) in [5.41, 5.74) is 3.91. The fourth-order valence-electron chi connectivity index (χ4n) is 5.50. The molecule has 0 unspecified atom stereocenters. The van der Waals surface area contributed by atoms with Crippen LogP contribution >= 0.6 is 15.8 Å². The molecule has 1 aromatic rings. The van der Waals surface area contributed by atoms with E-state index in [2.05, 4.69) is 76.3 Å². The number of hydrogen-bond acceptors (Lipinski definition) is 0. The molecule has 0 spiro atoms. The molecule has 4 rings (SSSR count). The van der Waals surface area contributed by atoms with E-state index in [-0.39, 0.29) is 40.0 Å². The third-order valence-electron chi connectivity index (χ3n) is 7.07. The van der Waals surface area contributed by atoms with Gasteiger partial charge in [0.05, 0.1) is 22.6 Å². The minimum Gasteiger partial charge on any atom is -1.00 e. The fourth-order valence-corrected chi connectivity index (χ4v) is 13.7. The van der Waals surface area contributed by atoms with Crippen molar-refractivity contribution in [2.45, 2.75) is 102 Å². The van der Waals surface area contributed by atoms with Crippen molar-refractivity contribution < 1.29 is 37.1 Å². The minimum absolute atomic E-state index is 0. The van der Waals surface area contributed by atoms with E-state index >= 15 is 0 Å². The Morgan fingerprint density at radius 3 is 1.09 bits per heavy atom. The van der Waals surface area contributed by atoms with Crippen LogP contribution < -0.4 is 15.3 Å². The van der Waals surface area contributed by atoms with Gasteiger partial charge in [-0.15, -0.1) is 0 Å². The van der Waals surface area contributed by atoms with Crippen molar-refractivity contribution in [3.8, 4) is 0 Å². The van der Waals surface area contributed by atoms with Gasteiger partial charge in [0.15, 0.2) is 0 Å². The summed E-state index contributed by atoms with van der Waals surface area (Å²) in [4.78, 5) is 0. The average Bonchev–Trinajstić information content (AvgIpc) is 3.22. The average molecular weight is 606 g/mol. The number of allylic oxidation sites excluding steroid dienone is 4. The molecule has 2 aliphatic heterocycles. The van der Waals surface area contributed by atoms with Crippen LogP contribution in [0.5, 0.6) is 0 Å². The summed E-state index contributed by atoms with van der Waals surface area (Å²) in [6, 6.07) is 9.64. The van der Waals surface area contributed by atoms with E-state index in [0.29, 0.717) is 0 Å². The van der Waals surface area contributed by atoms with Crippen LogP contribution in [0.4, 0.5) is 12.9 Å². The second-order valence-electron chi connectivity index (χ2n) is 9.56.